The van der Waals surface area contributed by atoms with Crippen molar-refractivity contribution in [3.8, 4) is 0 Å². The molecule has 0 fully saturated rings. The summed E-state index contributed by atoms with van der Waals surface area (Å²) in [6.45, 7) is 9.13. The second-order valence-corrected chi connectivity index (χ2v) is 5.58. The first-order valence-corrected chi connectivity index (χ1v) is 7.89. The topological polar surface area (TPSA) is 15.8 Å². The van der Waals surface area contributed by atoms with Gasteiger partial charge in [-0.05, 0) is 30.4 Å². The van der Waals surface area contributed by atoms with Crippen molar-refractivity contribution in [3.05, 3.63) is 85.5 Å². The van der Waals surface area contributed by atoms with Crippen LogP contribution in [0.2, 0.25) is 0 Å². The molecule has 4 aromatic rings. The quantitative estimate of drug-likeness (QED) is 0.412. The molecule has 0 amide bonds. The van der Waals surface area contributed by atoms with Crippen molar-refractivity contribution in [1.29, 1.82) is 0 Å². The fourth-order valence-electron chi connectivity index (χ4n) is 3.10. The van der Waals surface area contributed by atoms with Gasteiger partial charge in [0.05, 0.1) is 5.52 Å². The molecule has 1 heterocycles. The van der Waals surface area contributed by atoms with Crippen LogP contribution in [0.1, 0.15) is 12.5 Å². The third-order valence-corrected chi connectivity index (χ3v) is 3.97. The summed E-state index contributed by atoms with van der Waals surface area (Å²) in [4.78, 5) is 3.59. The first-order chi connectivity index (χ1) is 11.3. The Hall–Kier alpha value is -2.80. The number of aromatic nitrogens is 1. The van der Waals surface area contributed by atoms with E-state index < -0.39 is 0 Å². The first-order valence-electron chi connectivity index (χ1n) is 7.89. The Balaban J connectivity index is 0.000000485. The maximum Gasteiger partial charge on any atom is 0.0547 e. The molecule has 0 atom stereocenters. The van der Waals surface area contributed by atoms with Gasteiger partial charge in [-0.1, -0.05) is 60.7 Å². The Kier molecular flexibility index (Phi) is 4.29. The predicted octanol–water partition coefficient (Wildman–Crippen LogP) is 6.40. The third kappa shape index (κ3) is 2.66. The molecule has 3 aromatic carbocycles. The maximum absolute atomic E-state index is 3.88. The molecular formula is C22H21N. The summed E-state index contributed by atoms with van der Waals surface area (Å²) in [6, 6.07) is 19.4. The van der Waals surface area contributed by atoms with Crippen molar-refractivity contribution in [2.45, 2.75) is 13.3 Å². The Morgan fingerprint density at radius 2 is 1.70 bits per heavy atom. The number of hydrogen-bond acceptors (Lipinski definition) is 0. The van der Waals surface area contributed by atoms with E-state index in [1.54, 1.807) is 6.08 Å². The van der Waals surface area contributed by atoms with E-state index in [1.807, 2.05) is 13.0 Å². The average Bonchev–Trinajstić information content (AvgIpc) is 2.95. The molecule has 1 N–H and O–H groups in total. The molecule has 1 aromatic heterocycles. The third-order valence-electron chi connectivity index (χ3n) is 3.97. The van der Waals surface area contributed by atoms with E-state index in [0.29, 0.717) is 0 Å². The summed E-state index contributed by atoms with van der Waals surface area (Å²) < 4.78 is 0. The van der Waals surface area contributed by atoms with Gasteiger partial charge in [0.25, 0.3) is 0 Å². The highest BCUT2D eigenvalue weighted by molar-refractivity contribution is 6.17. The average molecular weight is 299 g/mol. The predicted molar refractivity (Wildman–Crippen MR) is 103 cm³/mol. The maximum atomic E-state index is 3.88. The van der Waals surface area contributed by atoms with Gasteiger partial charge in [-0.15, -0.1) is 13.2 Å². The lowest BCUT2D eigenvalue weighted by atomic mass is 9.99. The number of aromatic amines is 1. The molecule has 0 unspecified atom stereocenters. The van der Waals surface area contributed by atoms with Crippen LogP contribution in [0.15, 0.2) is 79.9 Å². The van der Waals surface area contributed by atoms with Crippen LogP contribution in [0.4, 0.5) is 0 Å². The van der Waals surface area contributed by atoms with Crippen molar-refractivity contribution in [3.63, 3.8) is 0 Å². The van der Waals surface area contributed by atoms with Crippen molar-refractivity contribution in [2.75, 3.05) is 0 Å². The highest BCUT2D eigenvalue weighted by Gasteiger charge is 2.09. The fraction of sp³-hybridized carbons (Fsp3) is 0.0909. The van der Waals surface area contributed by atoms with Gasteiger partial charge in [0.15, 0.2) is 0 Å². The van der Waals surface area contributed by atoms with Gasteiger partial charge >= 0.3 is 0 Å². The van der Waals surface area contributed by atoms with Crippen LogP contribution in [0.25, 0.3) is 32.6 Å². The second kappa shape index (κ2) is 6.53. The van der Waals surface area contributed by atoms with Crippen molar-refractivity contribution >= 4 is 32.6 Å². The lowest BCUT2D eigenvalue weighted by Crippen LogP contribution is -1.85. The molecule has 0 spiro atoms. The number of allylic oxidation sites excluding steroid dienone is 2. The highest BCUT2D eigenvalue weighted by Crippen LogP contribution is 2.33. The van der Waals surface area contributed by atoms with E-state index >= 15 is 0 Å². The minimum atomic E-state index is 0.895. The van der Waals surface area contributed by atoms with Gasteiger partial charge in [0.1, 0.15) is 0 Å². The summed E-state index contributed by atoms with van der Waals surface area (Å²) in [5.41, 5.74) is 3.76. The standard InChI is InChI=1S/C19H15N.C3H6/c1-2-6-13-7-5-8-14-11-12-16-15-9-3-4-10-17(15)20-19(16)18(13)14;1-3-2/h2-5,7-12,20H,1,6H2;3H,1H2,2H3. The lowest BCUT2D eigenvalue weighted by molar-refractivity contribution is 1.31. The number of benzene rings is 3. The zero-order valence-corrected chi connectivity index (χ0v) is 13.5. The van der Waals surface area contributed by atoms with Crippen LogP contribution in [-0.2, 0) is 6.42 Å². The van der Waals surface area contributed by atoms with Crippen LogP contribution in [-0.4, -0.2) is 4.98 Å². The Bertz CT molecular complexity index is 989. The molecule has 0 bridgehead atoms. The number of nitrogens with one attached hydrogen (secondary N) is 1. The summed E-state index contributed by atoms with van der Waals surface area (Å²) >= 11 is 0. The fourth-order valence-corrected chi connectivity index (χ4v) is 3.10. The van der Waals surface area contributed by atoms with E-state index in [1.165, 1.54) is 38.1 Å². The van der Waals surface area contributed by atoms with E-state index in [4.69, 9.17) is 0 Å². The Labute approximate surface area is 137 Å². The first kappa shape index (κ1) is 15.1. The van der Waals surface area contributed by atoms with Crippen LogP contribution in [0, 0.1) is 0 Å². The monoisotopic (exact) mass is 299 g/mol. The van der Waals surface area contributed by atoms with E-state index in [-0.39, 0.29) is 0 Å². The molecule has 0 aliphatic rings. The highest BCUT2D eigenvalue weighted by atomic mass is 14.7. The van der Waals surface area contributed by atoms with Crippen LogP contribution >= 0.6 is 0 Å². The molecule has 1 heteroatoms. The molecule has 0 saturated heterocycles. The summed E-state index contributed by atoms with van der Waals surface area (Å²) in [5.74, 6) is 0. The number of fused-ring (bicyclic) bond motifs is 5. The van der Waals surface area contributed by atoms with Crippen LogP contribution < -0.4 is 0 Å². The minimum absolute atomic E-state index is 0.895. The summed E-state index contributed by atoms with van der Waals surface area (Å²) in [6.07, 6.45) is 4.61. The lowest BCUT2D eigenvalue weighted by Gasteiger charge is -2.06. The molecule has 1 nitrogen and oxygen atoms in total. The van der Waals surface area contributed by atoms with Gasteiger partial charge in [-0.3, -0.25) is 0 Å². The molecule has 0 aliphatic heterocycles. The Morgan fingerprint density at radius 3 is 2.48 bits per heavy atom. The van der Waals surface area contributed by atoms with Gasteiger partial charge in [-0.25, -0.2) is 0 Å². The van der Waals surface area contributed by atoms with Crippen molar-refractivity contribution in [1.82, 2.24) is 4.98 Å². The van der Waals surface area contributed by atoms with Crippen molar-refractivity contribution in [2.24, 2.45) is 0 Å². The zero-order valence-electron chi connectivity index (χ0n) is 13.5. The number of H-pyrrole nitrogens is 1. The smallest absolute Gasteiger partial charge is 0.0547 e. The number of hydrogen-bond donors (Lipinski definition) is 1. The molecule has 114 valence electrons. The van der Waals surface area contributed by atoms with Gasteiger partial charge in [0.2, 0.25) is 0 Å². The normalized spacial score (nSPS) is 10.5. The minimum Gasteiger partial charge on any atom is -0.354 e. The van der Waals surface area contributed by atoms with Gasteiger partial charge in [-0.2, -0.15) is 0 Å². The number of para-hydroxylation sites is 1. The van der Waals surface area contributed by atoms with Gasteiger partial charge in [0, 0.05) is 21.7 Å². The second-order valence-electron chi connectivity index (χ2n) is 5.58. The molecule has 0 aliphatic carbocycles. The van der Waals surface area contributed by atoms with E-state index in [9.17, 15) is 0 Å². The van der Waals surface area contributed by atoms with Crippen molar-refractivity contribution < 1.29 is 0 Å². The van der Waals surface area contributed by atoms with Crippen LogP contribution in [0.5, 0.6) is 0 Å². The van der Waals surface area contributed by atoms with E-state index in [2.05, 4.69) is 72.7 Å². The SMILES string of the molecule is C=CC.C=CCc1cccc2ccc3c4ccccc4[nH]c3c12. The molecule has 4 rings (SSSR count). The molecular weight excluding hydrogens is 278 g/mol. The summed E-state index contributed by atoms with van der Waals surface area (Å²) in [5, 5.41) is 5.19. The molecule has 0 radical (unpaired) electrons. The molecule has 0 saturated carbocycles. The zero-order chi connectivity index (χ0) is 16.2. The van der Waals surface area contributed by atoms with Crippen LogP contribution in [0.3, 0.4) is 0 Å². The van der Waals surface area contributed by atoms with E-state index in [0.717, 1.165) is 6.42 Å². The summed E-state index contributed by atoms with van der Waals surface area (Å²) in [7, 11) is 0. The molecule has 23 heavy (non-hydrogen) atoms. The largest absolute Gasteiger partial charge is 0.354 e. The Morgan fingerprint density at radius 1 is 0.913 bits per heavy atom. The van der Waals surface area contributed by atoms with Gasteiger partial charge < -0.3 is 4.98 Å². The number of rotatable bonds is 2.